The average Bonchev–Trinajstić information content (AvgIpc) is 2.84. The molecule has 1 atom stereocenters. The largest absolute Gasteiger partial charge is 0.489 e. The van der Waals surface area contributed by atoms with Gasteiger partial charge in [0, 0.05) is 10.4 Å². The molecule has 0 saturated carbocycles. The van der Waals surface area contributed by atoms with Crippen LogP contribution >= 0.6 is 39.1 Å². The van der Waals surface area contributed by atoms with Gasteiger partial charge < -0.3 is 4.74 Å². The SMILES string of the molecule is CC[C@@H](C)c1nc2ccc(Br)cc2c(=O)n1N=Cc1cccc(OCc2ccc(Cl)c(Cl)c2)c1. The number of nitrogens with zero attached hydrogens (tertiary/aromatic N) is 3. The summed E-state index contributed by atoms with van der Waals surface area (Å²) in [4.78, 5) is 18.0. The molecule has 0 unspecified atom stereocenters. The molecule has 3 aromatic carbocycles. The molecule has 1 aromatic heterocycles. The molecule has 0 N–H and O–H groups in total. The fourth-order valence-electron chi connectivity index (χ4n) is 3.38. The molecule has 5 nitrogen and oxygen atoms in total. The lowest BCUT2D eigenvalue weighted by atomic mass is 10.1. The lowest BCUT2D eigenvalue weighted by molar-refractivity contribution is 0.306. The van der Waals surface area contributed by atoms with Gasteiger partial charge in [0.1, 0.15) is 18.2 Å². The van der Waals surface area contributed by atoms with Crippen molar-refractivity contribution in [3.05, 3.63) is 102 Å². The van der Waals surface area contributed by atoms with Gasteiger partial charge in [0.2, 0.25) is 0 Å². The number of rotatable bonds is 7. The van der Waals surface area contributed by atoms with Crippen molar-refractivity contribution >= 4 is 56.2 Å². The molecule has 0 aliphatic carbocycles. The van der Waals surface area contributed by atoms with Gasteiger partial charge >= 0.3 is 0 Å². The quantitative estimate of drug-likeness (QED) is 0.221. The van der Waals surface area contributed by atoms with Gasteiger partial charge in [-0.2, -0.15) is 9.78 Å². The molecular formula is C26H22BrCl2N3O2. The minimum Gasteiger partial charge on any atom is -0.489 e. The third kappa shape index (κ3) is 5.52. The molecule has 0 amide bonds. The molecule has 0 radical (unpaired) electrons. The number of benzene rings is 3. The van der Waals surface area contributed by atoms with Crippen molar-refractivity contribution in [3.8, 4) is 5.75 Å². The van der Waals surface area contributed by atoms with Gasteiger partial charge in [-0.3, -0.25) is 4.79 Å². The van der Waals surface area contributed by atoms with Crippen LogP contribution in [0.4, 0.5) is 0 Å². The number of ether oxygens (including phenoxy) is 1. The maximum Gasteiger partial charge on any atom is 0.282 e. The second-order valence-corrected chi connectivity index (χ2v) is 9.64. The van der Waals surface area contributed by atoms with Crippen LogP contribution in [0.2, 0.25) is 10.0 Å². The summed E-state index contributed by atoms with van der Waals surface area (Å²) >= 11 is 15.5. The Hall–Kier alpha value is -2.67. The summed E-state index contributed by atoms with van der Waals surface area (Å²) in [7, 11) is 0. The molecule has 4 aromatic rings. The molecule has 174 valence electrons. The van der Waals surface area contributed by atoms with E-state index in [4.69, 9.17) is 32.9 Å². The number of aromatic nitrogens is 2. The normalized spacial score (nSPS) is 12.4. The molecule has 4 rings (SSSR count). The Labute approximate surface area is 216 Å². The van der Waals surface area contributed by atoms with Crippen molar-refractivity contribution in [1.29, 1.82) is 0 Å². The molecule has 1 heterocycles. The molecule has 0 saturated heterocycles. The van der Waals surface area contributed by atoms with Crippen LogP contribution in [-0.2, 0) is 6.61 Å². The van der Waals surface area contributed by atoms with Crippen molar-refractivity contribution in [1.82, 2.24) is 9.66 Å². The Morgan fingerprint density at radius 2 is 1.94 bits per heavy atom. The van der Waals surface area contributed by atoms with E-state index in [1.54, 1.807) is 24.4 Å². The zero-order valence-electron chi connectivity index (χ0n) is 18.6. The zero-order chi connectivity index (χ0) is 24.2. The second-order valence-electron chi connectivity index (χ2n) is 7.91. The lowest BCUT2D eigenvalue weighted by Crippen LogP contribution is -2.23. The number of hydrogen-bond acceptors (Lipinski definition) is 4. The maximum atomic E-state index is 13.3. The number of hydrogen-bond donors (Lipinski definition) is 0. The van der Waals surface area contributed by atoms with E-state index in [0.29, 0.717) is 39.1 Å². The third-order valence-electron chi connectivity index (χ3n) is 5.46. The van der Waals surface area contributed by atoms with Crippen LogP contribution in [0.5, 0.6) is 5.75 Å². The van der Waals surface area contributed by atoms with E-state index in [1.165, 1.54) is 4.68 Å². The van der Waals surface area contributed by atoms with Gasteiger partial charge in [-0.15, -0.1) is 0 Å². The number of halogens is 3. The zero-order valence-corrected chi connectivity index (χ0v) is 21.7. The first-order valence-electron chi connectivity index (χ1n) is 10.8. The van der Waals surface area contributed by atoms with Crippen LogP contribution < -0.4 is 10.3 Å². The van der Waals surface area contributed by atoms with Crippen LogP contribution in [0.3, 0.4) is 0 Å². The molecule has 8 heteroatoms. The monoisotopic (exact) mass is 557 g/mol. The van der Waals surface area contributed by atoms with Gasteiger partial charge in [0.15, 0.2) is 0 Å². The van der Waals surface area contributed by atoms with E-state index in [0.717, 1.165) is 22.0 Å². The van der Waals surface area contributed by atoms with Crippen molar-refractivity contribution in [2.45, 2.75) is 32.8 Å². The standard InChI is InChI=1S/C26H22BrCl2N3O2/c1-3-16(2)25-31-24-10-8-19(27)13-21(24)26(33)32(25)30-14-17-5-4-6-20(11-17)34-15-18-7-9-22(28)23(29)12-18/h4-14,16H,3,15H2,1-2H3/t16-/m1/s1. The smallest absolute Gasteiger partial charge is 0.282 e. The fourth-order valence-corrected chi connectivity index (χ4v) is 4.07. The Balaban J connectivity index is 1.63. The maximum absolute atomic E-state index is 13.3. The molecule has 0 spiro atoms. The topological polar surface area (TPSA) is 56.5 Å². The second kappa shape index (κ2) is 10.7. The third-order valence-corrected chi connectivity index (χ3v) is 6.69. The van der Waals surface area contributed by atoms with Crippen molar-refractivity contribution in [2.24, 2.45) is 5.10 Å². The predicted molar refractivity (Wildman–Crippen MR) is 143 cm³/mol. The van der Waals surface area contributed by atoms with Gasteiger partial charge in [0.25, 0.3) is 5.56 Å². The summed E-state index contributed by atoms with van der Waals surface area (Å²) in [5.41, 5.74) is 2.16. The molecule has 0 fully saturated rings. The highest BCUT2D eigenvalue weighted by molar-refractivity contribution is 9.10. The Kier molecular flexibility index (Phi) is 7.71. The first-order chi connectivity index (χ1) is 16.4. The van der Waals surface area contributed by atoms with E-state index in [1.807, 2.05) is 49.4 Å². The summed E-state index contributed by atoms with van der Waals surface area (Å²) in [5.74, 6) is 1.37. The van der Waals surface area contributed by atoms with Crippen molar-refractivity contribution in [3.63, 3.8) is 0 Å². The first kappa shape index (κ1) is 24.5. The van der Waals surface area contributed by atoms with Gasteiger partial charge in [-0.05, 0) is 60.0 Å². The predicted octanol–water partition coefficient (Wildman–Crippen LogP) is 7.44. The Morgan fingerprint density at radius 1 is 1.12 bits per heavy atom. The summed E-state index contributed by atoms with van der Waals surface area (Å²) in [5, 5.41) is 6.02. The highest BCUT2D eigenvalue weighted by Crippen LogP contribution is 2.24. The molecule has 0 bridgehead atoms. The van der Waals surface area contributed by atoms with E-state index < -0.39 is 0 Å². The number of fused-ring (bicyclic) bond motifs is 1. The molecular weight excluding hydrogens is 537 g/mol. The highest BCUT2D eigenvalue weighted by Gasteiger charge is 2.15. The summed E-state index contributed by atoms with van der Waals surface area (Å²) in [6.45, 7) is 4.44. The van der Waals surface area contributed by atoms with E-state index in [9.17, 15) is 4.79 Å². The summed E-state index contributed by atoms with van der Waals surface area (Å²) in [6, 6.07) is 18.4. The minimum atomic E-state index is -0.204. The van der Waals surface area contributed by atoms with Crippen LogP contribution in [0, 0.1) is 0 Å². The first-order valence-corrected chi connectivity index (χ1v) is 12.3. The summed E-state index contributed by atoms with van der Waals surface area (Å²) in [6.07, 6.45) is 2.48. The van der Waals surface area contributed by atoms with E-state index in [-0.39, 0.29) is 11.5 Å². The molecule has 34 heavy (non-hydrogen) atoms. The van der Waals surface area contributed by atoms with Crippen LogP contribution in [0.15, 0.2) is 75.0 Å². The highest BCUT2D eigenvalue weighted by atomic mass is 79.9. The fraction of sp³-hybridized carbons (Fsp3) is 0.192. The lowest BCUT2D eigenvalue weighted by Gasteiger charge is -2.14. The van der Waals surface area contributed by atoms with Crippen LogP contribution in [0.1, 0.15) is 43.1 Å². The van der Waals surface area contributed by atoms with Gasteiger partial charge in [-0.25, -0.2) is 4.98 Å². The average molecular weight is 559 g/mol. The minimum absolute atomic E-state index is 0.0683. The van der Waals surface area contributed by atoms with Crippen LogP contribution in [0.25, 0.3) is 10.9 Å². The van der Waals surface area contributed by atoms with Crippen LogP contribution in [-0.4, -0.2) is 15.9 Å². The summed E-state index contributed by atoms with van der Waals surface area (Å²) < 4.78 is 8.12. The van der Waals surface area contributed by atoms with Crippen molar-refractivity contribution in [2.75, 3.05) is 0 Å². The van der Waals surface area contributed by atoms with E-state index in [2.05, 4.69) is 28.0 Å². The molecule has 0 aliphatic rings. The van der Waals surface area contributed by atoms with E-state index >= 15 is 0 Å². The molecule has 0 aliphatic heterocycles. The Bertz CT molecular complexity index is 1440. The van der Waals surface area contributed by atoms with Gasteiger partial charge in [-0.1, -0.05) is 71.2 Å². The Morgan fingerprint density at radius 3 is 2.71 bits per heavy atom. The van der Waals surface area contributed by atoms with Gasteiger partial charge in [0.05, 0.1) is 27.2 Å². The van der Waals surface area contributed by atoms with Crippen molar-refractivity contribution < 1.29 is 4.74 Å².